The van der Waals surface area contributed by atoms with Crippen molar-refractivity contribution in [3.05, 3.63) is 17.9 Å². The molecule has 3 N–H and O–H groups in total. The van der Waals surface area contributed by atoms with E-state index >= 15 is 0 Å². The second-order valence-electron chi connectivity index (χ2n) is 3.78. The van der Waals surface area contributed by atoms with Gasteiger partial charge in [0.1, 0.15) is 11.6 Å². The molecule has 0 amide bonds. The highest BCUT2D eigenvalue weighted by Gasteiger charge is 2.10. The van der Waals surface area contributed by atoms with Crippen LogP contribution in [0, 0.1) is 5.82 Å². The highest BCUT2D eigenvalue weighted by atomic mass is 32.2. The first kappa shape index (κ1) is 14.0. The number of nitrogen functional groups attached to an aromatic ring is 1. The number of thioether (sulfide) groups is 1. The number of nitrogens with two attached hydrogens (primary N) is 1. The van der Waals surface area contributed by atoms with Crippen molar-refractivity contribution in [3.8, 4) is 5.75 Å². The topological polar surface area (TPSA) is 47.3 Å². The Morgan fingerprint density at radius 2 is 2.24 bits per heavy atom. The number of nitrogens with one attached hydrogen (secondary N) is 1. The fourth-order valence-electron chi connectivity index (χ4n) is 1.46. The minimum atomic E-state index is -0.350. The highest BCUT2D eigenvalue weighted by molar-refractivity contribution is 7.99. The van der Waals surface area contributed by atoms with E-state index < -0.39 is 0 Å². The minimum Gasteiger partial charge on any atom is -0.495 e. The number of hydrogen-bond acceptors (Lipinski definition) is 4. The normalized spacial score (nSPS) is 12.2. The van der Waals surface area contributed by atoms with Crippen LogP contribution < -0.4 is 15.8 Å². The van der Waals surface area contributed by atoms with Gasteiger partial charge in [-0.15, -0.1) is 0 Å². The summed E-state index contributed by atoms with van der Waals surface area (Å²) in [5.74, 6) is 2.13. The van der Waals surface area contributed by atoms with Crippen molar-refractivity contribution >= 4 is 23.1 Å². The summed E-state index contributed by atoms with van der Waals surface area (Å²) in [5.41, 5.74) is 6.36. The maximum Gasteiger partial charge on any atom is 0.148 e. The summed E-state index contributed by atoms with van der Waals surface area (Å²) in [6.45, 7) is 4.12. The molecule has 0 aliphatic heterocycles. The van der Waals surface area contributed by atoms with Gasteiger partial charge in [-0.1, -0.05) is 6.92 Å². The van der Waals surface area contributed by atoms with E-state index in [1.54, 1.807) is 6.07 Å². The number of hydrogen-bond donors (Lipinski definition) is 2. The van der Waals surface area contributed by atoms with Crippen LogP contribution in [0.3, 0.4) is 0 Å². The second-order valence-corrected chi connectivity index (χ2v) is 5.10. The van der Waals surface area contributed by atoms with Crippen LogP contribution in [0.15, 0.2) is 12.1 Å². The summed E-state index contributed by atoms with van der Waals surface area (Å²) in [6, 6.07) is 3.07. The molecule has 0 heterocycles. The molecule has 17 heavy (non-hydrogen) atoms. The monoisotopic (exact) mass is 258 g/mol. The number of ether oxygens (including phenoxy) is 1. The van der Waals surface area contributed by atoms with Crippen molar-refractivity contribution in [3.63, 3.8) is 0 Å². The van der Waals surface area contributed by atoms with Crippen molar-refractivity contribution in [1.29, 1.82) is 0 Å². The summed E-state index contributed by atoms with van der Waals surface area (Å²) in [7, 11) is 1.52. The summed E-state index contributed by atoms with van der Waals surface area (Å²) in [4.78, 5) is 0. The van der Waals surface area contributed by atoms with Gasteiger partial charge in [0.25, 0.3) is 0 Å². The lowest BCUT2D eigenvalue weighted by molar-refractivity contribution is 0.416. The van der Waals surface area contributed by atoms with Crippen molar-refractivity contribution in [2.75, 3.05) is 29.7 Å². The van der Waals surface area contributed by atoms with E-state index in [0.29, 0.717) is 17.1 Å². The molecule has 3 nitrogen and oxygen atoms in total. The standard InChI is InChI=1S/C12H19FN2OS/c1-4-17-7-8(2)15-11-6-12(16-3)10(14)5-9(11)13/h5-6,8,15H,4,7,14H2,1-3H3. The molecule has 0 bridgehead atoms. The van der Waals surface area contributed by atoms with Crippen LogP contribution in [-0.2, 0) is 0 Å². The van der Waals surface area contributed by atoms with E-state index in [1.165, 1.54) is 13.2 Å². The third kappa shape index (κ3) is 4.00. The molecule has 0 aliphatic carbocycles. The smallest absolute Gasteiger partial charge is 0.148 e. The van der Waals surface area contributed by atoms with Gasteiger partial charge >= 0.3 is 0 Å². The SMILES string of the molecule is CCSCC(C)Nc1cc(OC)c(N)cc1F. The summed E-state index contributed by atoms with van der Waals surface area (Å²) >= 11 is 1.81. The maximum absolute atomic E-state index is 13.6. The maximum atomic E-state index is 13.6. The zero-order chi connectivity index (χ0) is 12.8. The first-order valence-corrected chi connectivity index (χ1v) is 6.71. The van der Waals surface area contributed by atoms with Crippen LogP contribution in [0.4, 0.5) is 15.8 Å². The van der Waals surface area contributed by atoms with E-state index in [4.69, 9.17) is 10.5 Å². The van der Waals surface area contributed by atoms with Crippen LogP contribution in [0.5, 0.6) is 5.75 Å². The molecule has 0 saturated heterocycles. The van der Waals surface area contributed by atoms with Gasteiger partial charge in [-0.05, 0) is 12.7 Å². The Morgan fingerprint density at radius 3 is 2.82 bits per heavy atom. The van der Waals surface area contributed by atoms with Gasteiger partial charge in [-0.2, -0.15) is 11.8 Å². The molecule has 0 saturated carbocycles. The lowest BCUT2D eigenvalue weighted by Gasteiger charge is -2.16. The Balaban J connectivity index is 2.76. The van der Waals surface area contributed by atoms with Gasteiger partial charge in [0, 0.05) is 23.9 Å². The number of anilines is 2. The molecular formula is C12H19FN2OS. The van der Waals surface area contributed by atoms with Crippen molar-refractivity contribution in [2.24, 2.45) is 0 Å². The molecule has 96 valence electrons. The molecule has 1 atom stereocenters. The van der Waals surface area contributed by atoms with Gasteiger partial charge in [-0.3, -0.25) is 0 Å². The van der Waals surface area contributed by atoms with Gasteiger partial charge < -0.3 is 15.8 Å². The molecule has 1 unspecified atom stereocenters. The van der Waals surface area contributed by atoms with Gasteiger partial charge in [0.15, 0.2) is 0 Å². The Kier molecular flexibility index (Phi) is 5.41. The molecular weight excluding hydrogens is 239 g/mol. The lowest BCUT2D eigenvalue weighted by Crippen LogP contribution is -2.19. The molecule has 0 radical (unpaired) electrons. The van der Waals surface area contributed by atoms with Crippen LogP contribution in [0.2, 0.25) is 0 Å². The molecule has 1 rings (SSSR count). The van der Waals surface area contributed by atoms with Crippen molar-refractivity contribution in [1.82, 2.24) is 0 Å². The molecule has 0 aliphatic rings. The molecule has 0 fully saturated rings. The first-order valence-electron chi connectivity index (χ1n) is 5.55. The van der Waals surface area contributed by atoms with E-state index in [9.17, 15) is 4.39 Å². The second kappa shape index (κ2) is 6.59. The predicted molar refractivity (Wildman–Crippen MR) is 73.4 cm³/mol. The van der Waals surface area contributed by atoms with E-state index in [-0.39, 0.29) is 11.9 Å². The summed E-state index contributed by atoms with van der Waals surface area (Å²) in [5, 5.41) is 3.12. The van der Waals surface area contributed by atoms with Gasteiger partial charge in [-0.25, -0.2) is 4.39 Å². The number of methoxy groups -OCH3 is 1. The van der Waals surface area contributed by atoms with Crippen molar-refractivity contribution < 1.29 is 9.13 Å². The fourth-order valence-corrected chi connectivity index (χ4v) is 2.13. The summed E-state index contributed by atoms with van der Waals surface area (Å²) < 4.78 is 18.7. The Labute approximate surface area is 106 Å². The predicted octanol–water partition coefficient (Wildman–Crippen LogP) is 2.97. The molecule has 1 aromatic carbocycles. The van der Waals surface area contributed by atoms with E-state index in [1.807, 2.05) is 18.7 Å². The van der Waals surface area contributed by atoms with Gasteiger partial charge in [0.05, 0.1) is 18.5 Å². The van der Waals surface area contributed by atoms with Crippen LogP contribution >= 0.6 is 11.8 Å². The fraction of sp³-hybridized carbons (Fsp3) is 0.500. The number of halogens is 1. The zero-order valence-electron chi connectivity index (χ0n) is 10.4. The lowest BCUT2D eigenvalue weighted by atomic mass is 10.2. The van der Waals surface area contributed by atoms with Crippen LogP contribution in [0.25, 0.3) is 0 Å². The van der Waals surface area contributed by atoms with Crippen LogP contribution in [0.1, 0.15) is 13.8 Å². The molecule has 0 spiro atoms. The quantitative estimate of drug-likeness (QED) is 0.770. The van der Waals surface area contributed by atoms with E-state index in [0.717, 1.165) is 11.5 Å². The summed E-state index contributed by atoms with van der Waals surface area (Å²) in [6.07, 6.45) is 0. The molecule has 0 aromatic heterocycles. The molecule has 5 heteroatoms. The first-order chi connectivity index (χ1) is 8.08. The largest absolute Gasteiger partial charge is 0.495 e. The van der Waals surface area contributed by atoms with Gasteiger partial charge in [0.2, 0.25) is 0 Å². The Morgan fingerprint density at radius 1 is 1.53 bits per heavy atom. The average Bonchev–Trinajstić information content (AvgIpc) is 2.30. The van der Waals surface area contributed by atoms with Crippen LogP contribution in [-0.4, -0.2) is 24.7 Å². The zero-order valence-corrected chi connectivity index (χ0v) is 11.2. The average molecular weight is 258 g/mol. The third-order valence-electron chi connectivity index (χ3n) is 2.29. The third-order valence-corrected chi connectivity index (χ3v) is 3.44. The van der Waals surface area contributed by atoms with E-state index in [2.05, 4.69) is 12.2 Å². The minimum absolute atomic E-state index is 0.197. The van der Waals surface area contributed by atoms with Crippen molar-refractivity contribution in [2.45, 2.75) is 19.9 Å². The Bertz CT molecular complexity index is 374. The number of rotatable bonds is 6. The highest BCUT2D eigenvalue weighted by Crippen LogP contribution is 2.28. The molecule has 1 aromatic rings. The number of benzene rings is 1. The Hall–Kier alpha value is -1.10.